The number of carbonyl (C=O) groups is 1. The van der Waals surface area contributed by atoms with E-state index in [1.165, 1.54) is 0 Å². The molecule has 1 aliphatic heterocycles. The topological polar surface area (TPSA) is 68.2 Å². The number of hydrogen-bond acceptors (Lipinski definition) is 5. The minimum atomic E-state index is 0.0336. The van der Waals surface area contributed by atoms with Crippen LogP contribution in [0.1, 0.15) is 30.0 Å². The van der Waals surface area contributed by atoms with Crippen LogP contribution in [0.2, 0.25) is 0 Å². The van der Waals surface area contributed by atoms with E-state index in [4.69, 9.17) is 9.72 Å². The van der Waals surface area contributed by atoms with E-state index in [0.29, 0.717) is 18.9 Å². The second-order valence-corrected chi connectivity index (χ2v) is 8.81. The van der Waals surface area contributed by atoms with Gasteiger partial charge in [-0.15, -0.1) is 0 Å². The molecule has 2 aromatic carbocycles. The highest BCUT2D eigenvalue weighted by Gasteiger charge is 2.26. The van der Waals surface area contributed by atoms with E-state index in [0.717, 1.165) is 46.5 Å². The first kappa shape index (κ1) is 23.4. The lowest BCUT2D eigenvalue weighted by Gasteiger charge is -2.32. The molecular formula is C30H28N4O2. The number of amides is 1. The van der Waals surface area contributed by atoms with E-state index < -0.39 is 0 Å². The van der Waals surface area contributed by atoms with E-state index in [2.05, 4.69) is 22.1 Å². The van der Waals surface area contributed by atoms with E-state index in [1.54, 1.807) is 25.6 Å². The standard InChI is InChI=1S/C30H28N4O2/c1-36-26-12-9-22(10-13-26)11-14-28(35)34-18-15-24(16-19-34)29-27(23-6-3-2-4-7-23)21-32-30(33-29)25-8-5-17-31-20-25/h2-14,17,20-21,24H,15-16,18-19H2,1H3. The first-order valence-corrected chi connectivity index (χ1v) is 12.1. The van der Waals surface area contributed by atoms with Crippen molar-refractivity contribution in [2.75, 3.05) is 20.2 Å². The molecule has 6 heteroatoms. The number of nitrogens with zero attached hydrogens (tertiary/aromatic N) is 4. The molecule has 0 N–H and O–H groups in total. The van der Waals surface area contributed by atoms with Crippen LogP contribution in [0.25, 0.3) is 28.6 Å². The molecule has 0 bridgehead atoms. The van der Waals surface area contributed by atoms with Gasteiger partial charge in [0.1, 0.15) is 5.75 Å². The number of rotatable bonds is 6. The number of ether oxygens (including phenoxy) is 1. The maximum Gasteiger partial charge on any atom is 0.246 e. The summed E-state index contributed by atoms with van der Waals surface area (Å²) in [6.45, 7) is 1.38. The van der Waals surface area contributed by atoms with E-state index >= 15 is 0 Å². The van der Waals surface area contributed by atoms with Gasteiger partial charge in [0, 0.05) is 54.8 Å². The fourth-order valence-corrected chi connectivity index (χ4v) is 4.54. The van der Waals surface area contributed by atoms with Crippen LogP contribution in [0, 0.1) is 0 Å². The Morgan fingerprint density at radius 2 is 1.69 bits per heavy atom. The van der Waals surface area contributed by atoms with Crippen LogP contribution >= 0.6 is 0 Å². The maximum atomic E-state index is 12.8. The van der Waals surface area contributed by atoms with Crippen molar-refractivity contribution in [1.82, 2.24) is 19.9 Å². The molecule has 2 aromatic heterocycles. The number of pyridine rings is 1. The normalized spacial score (nSPS) is 14.2. The molecule has 1 amide bonds. The van der Waals surface area contributed by atoms with Crippen LogP contribution in [0.4, 0.5) is 0 Å². The molecule has 1 fully saturated rings. The highest BCUT2D eigenvalue weighted by molar-refractivity contribution is 5.91. The van der Waals surface area contributed by atoms with Crippen LogP contribution in [-0.4, -0.2) is 46.0 Å². The first-order chi connectivity index (χ1) is 17.7. The third-order valence-corrected chi connectivity index (χ3v) is 6.55. The third kappa shape index (κ3) is 5.33. The van der Waals surface area contributed by atoms with Crippen LogP contribution in [0.5, 0.6) is 5.75 Å². The van der Waals surface area contributed by atoms with Crippen LogP contribution < -0.4 is 4.74 Å². The van der Waals surface area contributed by atoms with Crippen LogP contribution in [-0.2, 0) is 4.79 Å². The summed E-state index contributed by atoms with van der Waals surface area (Å²) >= 11 is 0. The largest absolute Gasteiger partial charge is 0.497 e. The predicted molar refractivity (Wildman–Crippen MR) is 141 cm³/mol. The molecule has 0 spiro atoms. The SMILES string of the molecule is COc1ccc(C=CC(=O)N2CCC(c3nc(-c4cccnc4)ncc3-c3ccccc3)CC2)cc1. The molecular weight excluding hydrogens is 448 g/mol. The average Bonchev–Trinajstić information content (AvgIpc) is 2.97. The molecule has 0 saturated carbocycles. The Labute approximate surface area is 211 Å². The molecule has 36 heavy (non-hydrogen) atoms. The van der Waals surface area contributed by atoms with Gasteiger partial charge in [0.15, 0.2) is 5.82 Å². The summed E-state index contributed by atoms with van der Waals surface area (Å²) in [6, 6.07) is 21.8. The Hall–Kier alpha value is -4.32. The quantitative estimate of drug-likeness (QED) is 0.337. The summed E-state index contributed by atoms with van der Waals surface area (Å²) in [5.41, 5.74) is 5.06. The van der Waals surface area contributed by atoms with E-state index in [-0.39, 0.29) is 11.8 Å². The zero-order chi connectivity index (χ0) is 24.7. The van der Waals surface area contributed by atoms with Crippen molar-refractivity contribution in [2.24, 2.45) is 0 Å². The lowest BCUT2D eigenvalue weighted by Crippen LogP contribution is -2.37. The van der Waals surface area contributed by atoms with Gasteiger partial charge in [-0.1, -0.05) is 42.5 Å². The van der Waals surface area contributed by atoms with Crippen molar-refractivity contribution in [3.05, 3.63) is 103 Å². The monoisotopic (exact) mass is 476 g/mol. The molecule has 6 nitrogen and oxygen atoms in total. The van der Waals surface area contributed by atoms with E-state index in [1.807, 2.05) is 71.8 Å². The summed E-state index contributed by atoms with van der Waals surface area (Å²) in [7, 11) is 1.64. The summed E-state index contributed by atoms with van der Waals surface area (Å²) in [5, 5.41) is 0. The first-order valence-electron chi connectivity index (χ1n) is 12.1. The third-order valence-electron chi connectivity index (χ3n) is 6.55. The molecule has 0 radical (unpaired) electrons. The highest BCUT2D eigenvalue weighted by atomic mass is 16.5. The molecule has 4 aromatic rings. The molecule has 0 aliphatic carbocycles. The van der Waals surface area contributed by atoms with E-state index in [9.17, 15) is 4.79 Å². The van der Waals surface area contributed by atoms with Crippen molar-refractivity contribution in [3.8, 4) is 28.3 Å². The number of methoxy groups -OCH3 is 1. The number of benzene rings is 2. The lowest BCUT2D eigenvalue weighted by atomic mass is 9.88. The van der Waals surface area contributed by atoms with Crippen molar-refractivity contribution in [1.29, 1.82) is 0 Å². The minimum absolute atomic E-state index is 0.0336. The number of hydrogen-bond donors (Lipinski definition) is 0. The Bertz CT molecular complexity index is 1330. The molecule has 0 unspecified atom stereocenters. The summed E-state index contributed by atoms with van der Waals surface area (Å²) in [6.07, 6.45) is 10.7. The van der Waals surface area contributed by atoms with Gasteiger partial charge in [-0.25, -0.2) is 9.97 Å². The van der Waals surface area contributed by atoms with Gasteiger partial charge in [0.25, 0.3) is 0 Å². The molecule has 5 rings (SSSR count). The van der Waals surface area contributed by atoms with Gasteiger partial charge in [0.05, 0.1) is 12.8 Å². The Kier molecular flexibility index (Phi) is 7.12. The molecule has 180 valence electrons. The maximum absolute atomic E-state index is 12.8. The van der Waals surface area contributed by atoms with Gasteiger partial charge >= 0.3 is 0 Å². The summed E-state index contributed by atoms with van der Waals surface area (Å²) in [4.78, 5) is 28.7. The predicted octanol–water partition coefficient (Wildman–Crippen LogP) is 5.63. The van der Waals surface area contributed by atoms with Gasteiger partial charge in [-0.05, 0) is 54.3 Å². The smallest absolute Gasteiger partial charge is 0.246 e. The van der Waals surface area contributed by atoms with Crippen LogP contribution in [0.15, 0.2) is 91.4 Å². The fraction of sp³-hybridized carbons (Fsp3) is 0.200. The zero-order valence-electron chi connectivity index (χ0n) is 20.2. The summed E-state index contributed by atoms with van der Waals surface area (Å²) < 4.78 is 5.19. The molecule has 1 saturated heterocycles. The second kappa shape index (κ2) is 11.0. The second-order valence-electron chi connectivity index (χ2n) is 8.81. The number of aromatic nitrogens is 3. The average molecular weight is 477 g/mol. The summed E-state index contributed by atoms with van der Waals surface area (Å²) in [5.74, 6) is 1.75. The van der Waals surface area contributed by atoms with Crippen molar-refractivity contribution in [3.63, 3.8) is 0 Å². The van der Waals surface area contributed by atoms with Crippen molar-refractivity contribution < 1.29 is 9.53 Å². The minimum Gasteiger partial charge on any atom is -0.497 e. The molecule has 0 atom stereocenters. The highest BCUT2D eigenvalue weighted by Crippen LogP contribution is 2.35. The fourth-order valence-electron chi connectivity index (χ4n) is 4.54. The van der Waals surface area contributed by atoms with Crippen molar-refractivity contribution in [2.45, 2.75) is 18.8 Å². The number of carbonyl (C=O) groups excluding carboxylic acids is 1. The lowest BCUT2D eigenvalue weighted by molar-refractivity contribution is -0.126. The van der Waals surface area contributed by atoms with Gasteiger partial charge < -0.3 is 9.64 Å². The zero-order valence-corrected chi connectivity index (χ0v) is 20.2. The number of piperidine rings is 1. The van der Waals surface area contributed by atoms with Crippen molar-refractivity contribution >= 4 is 12.0 Å². The molecule has 3 heterocycles. The Morgan fingerprint density at radius 1 is 0.944 bits per heavy atom. The Balaban J connectivity index is 1.33. The molecule has 1 aliphatic rings. The van der Waals surface area contributed by atoms with Gasteiger partial charge in [-0.3, -0.25) is 9.78 Å². The Morgan fingerprint density at radius 3 is 2.39 bits per heavy atom. The van der Waals surface area contributed by atoms with Gasteiger partial charge in [-0.2, -0.15) is 0 Å². The number of likely N-dealkylation sites (tertiary alicyclic amines) is 1. The van der Waals surface area contributed by atoms with Gasteiger partial charge in [0.2, 0.25) is 5.91 Å². The van der Waals surface area contributed by atoms with Crippen LogP contribution in [0.3, 0.4) is 0 Å².